The topological polar surface area (TPSA) is 67.2 Å². The van der Waals surface area contributed by atoms with Gasteiger partial charge in [0.25, 0.3) is 0 Å². The molecule has 2 heterocycles. The van der Waals surface area contributed by atoms with E-state index in [1.807, 2.05) is 19.4 Å². The van der Waals surface area contributed by atoms with E-state index in [9.17, 15) is 9.90 Å². The van der Waals surface area contributed by atoms with E-state index in [2.05, 4.69) is 10.4 Å². The molecule has 2 N–H and O–H groups in total. The maximum Gasteiger partial charge on any atom is 0.309 e. The average Bonchev–Trinajstić information content (AvgIpc) is 2.74. The zero-order chi connectivity index (χ0) is 12.3. The van der Waals surface area contributed by atoms with E-state index in [4.69, 9.17) is 0 Å². The molecule has 0 aromatic carbocycles. The second-order valence-electron chi connectivity index (χ2n) is 4.86. The lowest BCUT2D eigenvalue weighted by Crippen LogP contribution is -2.42. The first-order valence-corrected chi connectivity index (χ1v) is 6.04. The number of piperidine rings is 1. The molecule has 0 radical (unpaired) electrons. The summed E-state index contributed by atoms with van der Waals surface area (Å²) < 4.78 is 1.76. The Balaban J connectivity index is 2.00. The fourth-order valence-corrected chi connectivity index (χ4v) is 2.46. The molecular weight excluding hydrogens is 218 g/mol. The highest BCUT2D eigenvalue weighted by molar-refractivity contribution is 5.74. The summed E-state index contributed by atoms with van der Waals surface area (Å²) in [5.41, 5.74) is 0.577. The van der Waals surface area contributed by atoms with Crippen LogP contribution in [0.5, 0.6) is 0 Å². The molecule has 1 aliphatic heterocycles. The fraction of sp³-hybridized carbons (Fsp3) is 0.667. The molecule has 1 aromatic rings. The fourth-order valence-electron chi connectivity index (χ4n) is 2.46. The van der Waals surface area contributed by atoms with E-state index < -0.39 is 11.4 Å². The van der Waals surface area contributed by atoms with Crippen LogP contribution in [0, 0.1) is 5.41 Å². The van der Waals surface area contributed by atoms with Crippen LogP contribution in [0.1, 0.15) is 24.8 Å². The van der Waals surface area contributed by atoms with Crippen molar-refractivity contribution in [2.45, 2.75) is 25.7 Å². The van der Waals surface area contributed by atoms with Gasteiger partial charge in [-0.15, -0.1) is 0 Å². The molecule has 2 rings (SSSR count). The molecule has 1 aromatic heterocycles. The molecule has 1 fully saturated rings. The molecule has 5 heteroatoms. The van der Waals surface area contributed by atoms with E-state index in [-0.39, 0.29) is 0 Å². The number of nitrogens with one attached hydrogen (secondary N) is 1. The largest absolute Gasteiger partial charge is 0.481 e. The van der Waals surface area contributed by atoms with Crippen molar-refractivity contribution in [1.82, 2.24) is 15.1 Å². The van der Waals surface area contributed by atoms with E-state index >= 15 is 0 Å². The number of carboxylic acid groups (broad SMARTS) is 1. The third-order valence-electron chi connectivity index (χ3n) is 3.66. The highest BCUT2D eigenvalue weighted by atomic mass is 16.4. The zero-order valence-corrected chi connectivity index (χ0v) is 10.1. The van der Waals surface area contributed by atoms with Crippen LogP contribution in [0.4, 0.5) is 0 Å². The number of rotatable bonds is 4. The summed E-state index contributed by atoms with van der Waals surface area (Å²) in [6.45, 7) is 1.61. The van der Waals surface area contributed by atoms with Gasteiger partial charge < -0.3 is 10.4 Å². The van der Waals surface area contributed by atoms with Gasteiger partial charge in [0.05, 0.1) is 11.6 Å². The van der Waals surface area contributed by atoms with Gasteiger partial charge in [0.1, 0.15) is 0 Å². The summed E-state index contributed by atoms with van der Waals surface area (Å²) >= 11 is 0. The lowest BCUT2D eigenvalue weighted by molar-refractivity contribution is -0.151. The number of carboxylic acids is 1. The normalized spacial score (nSPS) is 19.1. The average molecular weight is 237 g/mol. The third-order valence-corrected chi connectivity index (χ3v) is 3.66. The molecule has 0 aliphatic carbocycles. The monoisotopic (exact) mass is 237 g/mol. The second kappa shape index (κ2) is 4.87. The molecule has 0 saturated carbocycles. The van der Waals surface area contributed by atoms with Crippen LogP contribution in [-0.2, 0) is 18.3 Å². The molecule has 17 heavy (non-hydrogen) atoms. The first-order chi connectivity index (χ1) is 8.12. The molecule has 0 amide bonds. The van der Waals surface area contributed by atoms with Crippen molar-refractivity contribution in [2.24, 2.45) is 12.5 Å². The van der Waals surface area contributed by atoms with Gasteiger partial charge >= 0.3 is 5.97 Å². The number of aryl methyl sites for hydroxylation is 2. The minimum atomic E-state index is -0.650. The van der Waals surface area contributed by atoms with E-state index in [0.29, 0.717) is 6.42 Å². The molecule has 0 spiro atoms. The summed E-state index contributed by atoms with van der Waals surface area (Å²) in [6.07, 6.45) is 6.72. The van der Waals surface area contributed by atoms with Crippen molar-refractivity contribution in [1.29, 1.82) is 0 Å². The summed E-state index contributed by atoms with van der Waals surface area (Å²) in [5.74, 6) is -0.650. The second-order valence-corrected chi connectivity index (χ2v) is 4.86. The Bertz CT molecular complexity index is 394. The number of hydrogen-bond donors (Lipinski definition) is 2. The smallest absolute Gasteiger partial charge is 0.309 e. The SMILES string of the molecule is Cn1cc(CCC2(C(=O)O)CCNCC2)cn1. The predicted octanol–water partition coefficient (Wildman–Crippen LogP) is 0.807. The minimum Gasteiger partial charge on any atom is -0.481 e. The van der Waals surface area contributed by atoms with Gasteiger partial charge in [-0.3, -0.25) is 9.48 Å². The Hall–Kier alpha value is -1.36. The Labute approximate surface area is 101 Å². The summed E-state index contributed by atoms with van der Waals surface area (Å²) in [7, 11) is 1.88. The standard InChI is InChI=1S/C12H19N3O2/c1-15-9-10(8-14-15)2-3-12(11(16)17)4-6-13-7-5-12/h8-9,13H,2-7H2,1H3,(H,16,17). The van der Waals surface area contributed by atoms with Crippen LogP contribution in [0.2, 0.25) is 0 Å². The highest BCUT2D eigenvalue weighted by Crippen LogP contribution is 2.34. The first-order valence-electron chi connectivity index (χ1n) is 6.04. The highest BCUT2D eigenvalue weighted by Gasteiger charge is 2.39. The van der Waals surface area contributed by atoms with Crippen LogP contribution < -0.4 is 5.32 Å². The van der Waals surface area contributed by atoms with E-state index in [1.165, 1.54) is 0 Å². The number of aromatic nitrogens is 2. The van der Waals surface area contributed by atoms with Crippen molar-refractivity contribution < 1.29 is 9.90 Å². The molecular formula is C12H19N3O2. The van der Waals surface area contributed by atoms with Crippen molar-refractivity contribution in [3.05, 3.63) is 18.0 Å². The number of hydrogen-bond acceptors (Lipinski definition) is 3. The van der Waals surface area contributed by atoms with Crippen molar-refractivity contribution in [3.8, 4) is 0 Å². The van der Waals surface area contributed by atoms with E-state index in [0.717, 1.165) is 37.9 Å². The molecule has 1 saturated heterocycles. The molecule has 0 unspecified atom stereocenters. The Kier molecular flexibility index (Phi) is 3.47. The van der Waals surface area contributed by atoms with Gasteiger partial charge in [-0.05, 0) is 44.3 Å². The molecule has 1 aliphatic rings. The molecule has 0 atom stereocenters. The number of carbonyl (C=O) groups is 1. The Morgan fingerprint density at radius 3 is 2.82 bits per heavy atom. The van der Waals surface area contributed by atoms with Gasteiger partial charge in [-0.25, -0.2) is 0 Å². The van der Waals surface area contributed by atoms with Crippen LogP contribution in [0.15, 0.2) is 12.4 Å². The first kappa shape index (κ1) is 12.1. The zero-order valence-electron chi connectivity index (χ0n) is 10.1. The van der Waals surface area contributed by atoms with Crippen LogP contribution in [0.25, 0.3) is 0 Å². The minimum absolute atomic E-state index is 0.541. The quantitative estimate of drug-likeness (QED) is 0.813. The number of nitrogens with zero attached hydrogens (tertiary/aromatic N) is 2. The van der Waals surface area contributed by atoms with Gasteiger partial charge in [-0.2, -0.15) is 5.10 Å². The third kappa shape index (κ3) is 2.66. The van der Waals surface area contributed by atoms with Gasteiger partial charge in [0, 0.05) is 13.2 Å². The van der Waals surface area contributed by atoms with Crippen molar-refractivity contribution >= 4 is 5.97 Å². The predicted molar refractivity (Wildman–Crippen MR) is 63.7 cm³/mol. The van der Waals surface area contributed by atoms with Crippen LogP contribution in [-0.4, -0.2) is 33.9 Å². The van der Waals surface area contributed by atoms with Gasteiger partial charge in [0.15, 0.2) is 0 Å². The maximum absolute atomic E-state index is 11.5. The molecule has 0 bridgehead atoms. The molecule has 5 nitrogen and oxygen atoms in total. The van der Waals surface area contributed by atoms with Crippen LogP contribution in [0.3, 0.4) is 0 Å². The lowest BCUT2D eigenvalue weighted by Gasteiger charge is -2.33. The van der Waals surface area contributed by atoms with E-state index in [1.54, 1.807) is 4.68 Å². The maximum atomic E-state index is 11.5. The molecule has 94 valence electrons. The summed E-state index contributed by atoms with van der Waals surface area (Å²) in [5, 5.41) is 16.7. The van der Waals surface area contributed by atoms with Crippen molar-refractivity contribution in [2.75, 3.05) is 13.1 Å². The van der Waals surface area contributed by atoms with Gasteiger partial charge in [-0.1, -0.05) is 0 Å². The lowest BCUT2D eigenvalue weighted by atomic mass is 9.75. The van der Waals surface area contributed by atoms with Gasteiger partial charge in [0.2, 0.25) is 0 Å². The Morgan fingerprint density at radius 2 is 2.29 bits per heavy atom. The number of aliphatic carboxylic acids is 1. The van der Waals surface area contributed by atoms with Crippen molar-refractivity contribution in [3.63, 3.8) is 0 Å². The van der Waals surface area contributed by atoms with Crippen LogP contribution >= 0.6 is 0 Å². The summed E-state index contributed by atoms with van der Waals surface area (Å²) in [6, 6.07) is 0. The Morgan fingerprint density at radius 1 is 1.59 bits per heavy atom. The summed E-state index contributed by atoms with van der Waals surface area (Å²) in [4.78, 5) is 11.5.